The van der Waals surface area contributed by atoms with Gasteiger partial charge in [-0.25, -0.2) is 4.79 Å². The summed E-state index contributed by atoms with van der Waals surface area (Å²) in [5.41, 5.74) is 0.0105. The zero-order valence-corrected chi connectivity index (χ0v) is 10.2. The van der Waals surface area contributed by atoms with E-state index in [9.17, 15) is 4.79 Å². The zero-order chi connectivity index (χ0) is 11.7. The highest BCUT2D eigenvalue weighted by Crippen LogP contribution is 2.43. The summed E-state index contributed by atoms with van der Waals surface area (Å²) in [6, 6.07) is 0. The van der Waals surface area contributed by atoms with Gasteiger partial charge in [0, 0.05) is 12.6 Å². The molecule has 0 unspecified atom stereocenters. The molecule has 0 aromatic rings. The van der Waals surface area contributed by atoms with E-state index >= 15 is 0 Å². The molecule has 0 saturated carbocycles. The van der Waals surface area contributed by atoms with Crippen molar-refractivity contribution in [3.8, 4) is 0 Å². The molecule has 3 heteroatoms. The van der Waals surface area contributed by atoms with Gasteiger partial charge in [0.2, 0.25) is 0 Å². The van der Waals surface area contributed by atoms with E-state index in [2.05, 4.69) is 34.3 Å². The van der Waals surface area contributed by atoms with Crippen LogP contribution in [0.1, 0.15) is 40.5 Å². The number of hydroxylamine groups is 2. The SMILES string of the molecule is C=CC(=O)ON1CCCC(C)(C)C1(C)C. The summed E-state index contributed by atoms with van der Waals surface area (Å²) in [6.07, 6.45) is 3.42. The molecule has 0 radical (unpaired) electrons. The van der Waals surface area contributed by atoms with Gasteiger partial charge in [-0.2, -0.15) is 0 Å². The van der Waals surface area contributed by atoms with Gasteiger partial charge in [0.05, 0.1) is 5.54 Å². The number of rotatable bonds is 2. The van der Waals surface area contributed by atoms with Crippen LogP contribution in [0.2, 0.25) is 0 Å². The number of hydrogen-bond acceptors (Lipinski definition) is 3. The van der Waals surface area contributed by atoms with Crippen LogP contribution in [-0.2, 0) is 9.63 Å². The van der Waals surface area contributed by atoms with Gasteiger partial charge in [-0.1, -0.05) is 20.4 Å². The highest BCUT2D eigenvalue weighted by molar-refractivity contribution is 5.80. The summed E-state index contributed by atoms with van der Waals surface area (Å²) in [4.78, 5) is 16.5. The number of carbonyl (C=O) groups is 1. The molecule has 0 amide bonds. The predicted molar refractivity (Wildman–Crippen MR) is 60.1 cm³/mol. The minimum absolute atomic E-state index is 0.135. The molecule has 86 valence electrons. The molecule has 0 N–H and O–H groups in total. The minimum atomic E-state index is -0.374. The first-order valence-corrected chi connectivity index (χ1v) is 5.43. The van der Waals surface area contributed by atoms with Gasteiger partial charge in [0.15, 0.2) is 0 Å². The maximum absolute atomic E-state index is 11.2. The van der Waals surface area contributed by atoms with Crippen molar-refractivity contribution in [1.82, 2.24) is 5.06 Å². The van der Waals surface area contributed by atoms with E-state index in [4.69, 9.17) is 4.84 Å². The van der Waals surface area contributed by atoms with E-state index in [0.29, 0.717) is 0 Å². The molecule has 0 aliphatic carbocycles. The fourth-order valence-electron chi connectivity index (χ4n) is 1.89. The molecular formula is C12H21NO2. The van der Waals surface area contributed by atoms with Crippen molar-refractivity contribution >= 4 is 5.97 Å². The van der Waals surface area contributed by atoms with Crippen molar-refractivity contribution in [3.63, 3.8) is 0 Å². The third kappa shape index (κ3) is 2.23. The highest BCUT2D eigenvalue weighted by atomic mass is 16.7. The van der Waals surface area contributed by atoms with E-state index in [0.717, 1.165) is 19.4 Å². The van der Waals surface area contributed by atoms with Crippen LogP contribution in [0.15, 0.2) is 12.7 Å². The molecule has 1 heterocycles. The normalized spacial score (nSPS) is 24.5. The average Bonchev–Trinajstić information content (AvgIpc) is 2.13. The largest absolute Gasteiger partial charge is 0.364 e. The molecule has 15 heavy (non-hydrogen) atoms. The van der Waals surface area contributed by atoms with Crippen molar-refractivity contribution in [2.75, 3.05) is 6.54 Å². The zero-order valence-electron chi connectivity index (χ0n) is 10.2. The number of hydrogen-bond donors (Lipinski definition) is 0. The number of carbonyl (C=O) groups excluding carboxylic acids is 1. The summed E-state index contributed by atoms with van der Waals surface area (Å²) in [5, 5.41) is 1.79. The van der Waals surface area contributed by atoms with Crippen LogP contribution in [0.5, 0.6) is 0 Å². The minimum Gasteiger partial charge on any atom is -0.364 e. The van der Waals surface area contributed by atoms with Crippen molar-refractivity contribution in [2.45, 2.75) is 46.1 Å². The second kappa shape index (κ2) is 3.97. The first-order valence-electron chi connectivity index (χ1n) is 5.43. The van der Waals surface area contributed by atoms with Crippen LogP contribution in [0.4, 0.5) is 0 Å². The fourth-order valence-corrected chi connectivity index (χ4v) is 1.89. The molecule has 1 rings (SSSR count). The fraction of sp³-hybridized carbons (Fsp3) is 0.750. The molecule has 3 nitrogen and oxygen atoms in total. The first kappa shape index (κ1) is 12.2. The molecule has 0 aromatic heterocycles. The van der Waals surface area contributed by atoms with E-state index in [-0.39, 0.29) is 16.9 Å². The topological polar surface area (TPSA) is 29.5 Å². The number of nitrogens with zero attached hydrogens (tertiary/aromatic N) is 1. The van der Waals surface area contributed by atoms with Crippen LogP contribution >= 0.6 is 0 Å². The van der Waals surface area contributed by atoms with Gasteiger partial charge in [-0.15, -0.1) is 5.06 Å². The Morgan fingerprint density at radius 1 is 1.40 bits per heavy atom. The molecule has 0 aromatic carbocycles. The Morgan fingerprint density at radius 2 is 2.00 bits per heavy atom. The second-order valence-corrected chi connectivity index (χ2v) is 5.26. The Kier molecular flexibility index (Phi) is 3.24. The average molecular weight is 211 g/mol. The lowest BCUT2D eigenvalue weighted by molar-refractivity contribution is -0.243. The molecule has 1 aliphatic rings. The monoisotopic (exact) mass is 211 g/mol. The summed E-state index contributed by atoms with van der Waals surface area (Å²) in [6.45, 7) is 12.9. The summed E-state index contributed by atoms with van der Waals surface area (Å²) in [5.74, 6) is -0.374. The van der Waals surface area contributed by atoms with E-state index in [1.54, 1.807) is 5.06 Å². The standard InChI is InChI=1S/C12H21NO2/c1-6-10(14)15-13-9-7-8-11(2,3)12(13,4)5/h6H,1,7-9H2,2-5H3. The van der Waals surface area contributed by atoms with Gasteiger partial charge in [0.25, 0.3) is 0 Å². The second-order valence-electron chi connectivity index (χ2n) is 5.26. The molecule has 0 spiro atoms. The number of piperidine rings is 1. The van der Waals surface area contributed by atoms with Gasteiger partial charge >= 0.3 is 5.97 Å². The molecule has 0 bridgehead atoms. The van der Waals surface area contributed by atoms with Crippen molar-refractivity contribution in [3.05, 3.63) is 12.7 Å². The third-order valence-electron chi connectivity index (χ3n) is 3.81. The molecule has 1 fully saturated rings. The van der Waals surface area contributed by atoms with Crippen LogP contribution in [0.25, 0.3) is 0 Å². The smallest absolute Gasteiger partial charge is 0.349 e. The molecular weight excluding hydrogens is 190 g/mol. The van der Waals surface area contributed by atoms with Gasteiger partial charge in [0.1, 0.15) is 0 Å². The van der Waals surface area contributed by atoms with Crippen LogP contribution in [-0.4, -0.2) is 23.1 Å². The Balaban J connectivity index is 2.80. The van der Waals surface area contributed by atoms with Gasteiger partial charge in [-0.05, 0) is 32.1 Å². The van der Waals surface area contributed by atoms with Crippen LogP contribution in [0.3, 0.4) is 0 Å². The predicted octanol–water partition coefficient (Wildman–Crippen LogP) is 2.53. The van der Waals surface area contributed by atoms with E-state index < -0.39 is 0 Å². The van der Waals surface area contributed by atoms with Gasteiger partial charge in [-0.3, -0.25) is 0 Å². The Morgan fingerprint density at radius 3 is 2.53 bits per heavy atom. The Labute approximate surface area is 92.0 Å². The lowest BCUT2D eigenvalue weighted by Crippen LogP contribution is -2.57. The maximum Gasteiger partial charge on any atom is 0.349 e. The van der Waals surface area contributed by atoms with Crippen LogP contribution in [0, 0.1) is 5.41 Å². The summed E-state index contributed by atoms with van der Waals surface area (Å²) < 4.78 is 0. The van der Waals surface area contributed by atoms with Crippen molar-refractivity contribution in [2.24, 2.45) is 5.41 Å². The van der Waals surface area contributed by atoms with Crippen molar-refractivity contribution < 1.29 is 9.63 Å². The lowest BCUT2D eigenvalue weighted by atomic mass is 9.69. The highest BCUT2D eigenvalue weighted by Gasteiger charge is 2.46. The third-order valence-corrected chi connectivity index (χ3v) is 3.81. The molecule has 1 saturated heterocycles. The molecule has 1 aliphatic heterocycles. The maximum atomic E-state index is 11.2. The van der Waals surface area contributed by atoms with E-state index in [1.165, 1.54) is 6.08 Å². The van der Waals surface area contributed by atoms with Crippen LogP contribution < -0.4 is 0 Å². The van der Waals surface area contributed by atoms with Crippen molar-refractivity contribution in [1.29, 1.82) is 0 Å². The summed E-state index contributed by atoms with van der Waals surface area (Å²) in [7, 11) is 0. The first-order chi connectivity index (χ1) is 6.81. The Hall–Kier alpha value is -0.830. The lowest BCUT2D eigenvalue weighted by Gasteiger charge is -2.51. The summed E-state index contributed by atoms with van der Waals surface area (Å²) >= 11 is 0. The molecule has 0 atom stereocenters. The quantitative estimate of drug-likeness (QED) is 0.657. The van der Waals surface area contributed by atoms with Gasteiger partial charge < -0.3 is 4.84 Å². The Bertz CT molecular complexity index is 269. The van der Waals surface area contributed by atoms with E-state index in [1.807, 2.05) is 0 Å².